The predicted molar refractivity (Wildman–Crippen MR) is 82.0 cm³/mol. The molecular weight excluding hydrogens is 276 g/mol. The van der Waals surface area contributed by atoms with E-state index in [1.54, 1.807) is 0 Å². The lowest BCUT2D eigenvalue weighted by Gasteiger charge is -2.39. The predicted octanol–water partition coefficient (Wildman–Crippen LogP) is 1.62. The molecule has 1 atom stereocenters. The van der Waals surface area contributed by atoms with Crippen molar-refractivity contribution in [1.29, 1.82) is 0 Å². The van der Waals surface area contributed by atoms with Crippen molar-refractivity contribution in [3.63, 3.8) is 0 Å². The Morgan fingerprint density at radius 2 is 2.05 bits per heavy atom. The first-order valence-corrected chi connectivity index (χ1v) is 6.70. The Kier molecular flexibility index (Phi) is 5.99. The second-order valence-corrected chi connectivity index (χ2v) is 5.66. The van der Waals surface area contributed by atoms with Gasteiger partial charge in [-0.2, -0.15) is 0 Å². The molecule has 1 heterocycles. The Morgan fingerprint density at radius 3 is 2.65 bits per heavy atom. The number of amides is 1. The fraction of sp³-hybridized carbons (Fsp3) is 0.533. The summed E-state index contributed by atoms with van der Waals surface area (Å²) in [5.74, 6) is 0.0141. The first-order chi connectivity index (χ1) is 8.98. The van der Waals surface area contributed by atoms with E-state index in [0.29, 0.717) is 26.1 Å². The minimum absolute atomic E-state index is 0. The molecule has 0 spiro atoms. The summed E-state index contributed by atoms with van der Waals surface area (Å²) in [7, 11) is 0. The van der Waals surface area contributed by atoms with E-state index in [4.69, 9.17) is 10.5 Å². The van der Waals surface area contributed by atoms with Crippen LogP contribution in [0.5, 0.6) is 0 Å². The van der Waals surface area contributed by atoms with Gasteiger partial charge >= 0.3 is 0 Å². The van der Waals surface area contributed by atoms with Crippen LogP contribution in [0.1, 0.15) is 19.4 Å². The molecule has 2 rings (SSSR count). The van der Waals surface area contributed by atoms with Crippen molar-refractivity contribution in [3.05, 3.63) is 35.9 Å². The average Bonchev–Trinajstić information content (AvgIpc) is 2.38. The summed E-state index contributed by atoms with van der Waals surface area (Å²) in [5, 5.41) is 0. The molecule has 0 saturated carbocycles. The first-order valence-electron chi connectivity index (χ1n) is 6.70. The van der Waals surface area contributed by atoms with Crippen molar-refractivity contribution in [2.45, 2.75) is 31.9 Å². The van der Waals surface area contributed by atoms with Gasteiger partial charge in [-0.3, -0.25) is 4.79 Å². The van der Waals surface area contributed by atoms with Gasteiger partial charge in [0.25, 0.3) is 0 Å². The monoisotopic (exact) mass is 298 g/mol. The molecule has 1 aliphatic heterocycles. The topological polar surface area (TPSA) is 55.6 Å². The van der Waals surface area contributed by atoms with E-state index in [2.05, 4.69) is 0 Å². The highest BCUT2D eigenvalue weighted by atomic mass is 35.5. The second kappa shape index (κ2) is 7.07. The van der Waals surface area contributed by atoms with Crippen molar-refractivity contribution in [2.24, 2.45) is 5.73 Å². The molecule has 1 aromatic carbocycles. The molecular formula is C15H23ClN2O2. The Labute approximate surface area is 126 Å². The zero-order chi connectivity index (χ0) is 13.9. The molecule has 1 saturated heterocycles. The van der Waals surface area contributed by atoms with Gasteiger partial charge in [0.05, 0.1) is 18.2 Å². The van der Waals surface area contributed by atoms with Crippen LogP contribution in [0, 0.1) is 0 Å². The maximum absolute atomic E-state index is 12.3. The van der Waals surface area contributed by atoms with Crippen molar-refractivity contribution in [2.75, 3.05) is 19.7 Å². The molecule has 1 aromatic rings. The van der Waals surface area contributed by atoms with E-state index < -0.39 is 6.04 Å². The molecule has 1 unspecified atom stereocenters. The molecule has 2 N–H and O–H groups in total. The number of nitrogens with zero attached hydrogens (tertiary/aromatic N) is 1. The van der Waals surface area contributed by atoms with Crippen LogP contribution in [-0.4, -0.2) is 42.1 Å². The van der Waals surface area contributed by atoms with Crippen LogP contribution in [-0.2, 0) is 16.0 Å². The minimum atomic E-state index is -0.476. The summed E-state index contributed by atoms with van der Waals surface area (Å²) < 4.78 is 5.61. The Morgan fingerprint density at radius 1 is 1.40 bits per heavy atom. The molecule has 112 valence electrons. The highest BCUT2D eigenvalue weighted by Crippen LogP contribution is 2.17. The van der Waals surface area contributed by atoms with E-state index >= 15 is 0 Å². The van der Waals surface area contributed by atoms with Gasteiger partial charge in [0.2, 0.25) is 5.91 Å². The number of carbonyl (C=O) groups excluding carboxylic acids is 1. The second-order valence-electron chi connectivity index (χ2n) is 5.66. The number of ether oxygens (including phenoxy) is 1. The molecule has 5 heteroatoms. The molecule has 1 amide bonds. The number of nitrogens with two attached hydrogens (primary N) is 1. The summed E-state index contributed by atoms with van der Waals surface area (Å²) in [5.41, 5.74) is 6.85. The lowest BCUT2D eigenvalue weighted by Crippen LogP contribution is -2.55. The van der Waals surface area contributed by atoms with Crippen molar-refractivity contribution in [1.82, 2.24) is 4.90 Å². The smallest absolute Gasteiger partial charge is 0.240 e. The fourth-order valence-electron chi connectivity index (χ4n) is 2.39. The van der Waals surface area contributed by atoms with Gasteiger partial charge in [-0.05, 0) is 25.8 Å². The van der Waals surface area contributed by atoms with Gasteiger partial charge in [0.1, 0.15) is 0 Å². The molecule has 1 fully saturated rings. The zero-order valence-corrected chi connectivity index (χ0v) is 12.9. The third-order valence-electron chi connectivity index (χ3n) is 3.35. The summed E-state index contributed by atoms with van der Waals surface area (Å²) in [6.07, 6.45) is 0.581. The van der Waals surface area contributed by atoms with Crippen molar-refractivity contribution < 1.29 is 9.53 Å². The number of carbonyl (C=O) groups is 1. The number of hydrogen-bond acceptors (Lipinski definition) is 3. The van der Waals surface area contributed by atoms with E-state index in [-0.39, 0.29) is 23.9 Å². The molecule has 4 nitrogen and oxygen atoms in total. The number of rotatable bonds is 3. The molecule has 0 aliphatic carbocycles. The summed E-state index contributed by atoms with van der Waals surface area (Å²) >= 11 is 0. The van der Waals surface area contributed by atoms with E-state index in [1.807, 2.05) is 49.1 Å². The van der Waals surface area contributed by atoms with E-state index in [9.17, 15) is 4.79 Å². The highest BCUT2D eigenvalue weighted by Gasteiger charge is 2.31. The molecule has 0 radical (unpaired) electrons. The van der Waals surface area contributed by atoms with Gasteiger partial charge in [0.15, 0.2) is 0 Å². The standard InChI is InChI=1S/C15H22N2O2.ClH/c1-15(2)11-17(8-9-19-15)14(18)13(16)10-12-6-4-3-5-7-12;/h3-7,13H,8-11,16H2,1-2H3;1H. The third-order valence-corrected chi connectivity index (χ3v) is 3.35. The zero-order valence-electron chi connectivity index (χ0n) is 12.0. The van der Waals surface area contributed by atoms with Gasteiger partial charge in [0, 0.05) is 13.1 Å². The summed E-state index contributed by atoms with van der Waals surface area (Å²) in [4.78, 5) is 14.2. The van der Waals surface area contributed by atoms with Crippen molar-refractivity contribution >= 4 is 18.3 Å². The van der Waals surface area contributed by atoms with Crippen molar-refractivity contribution in [3.8, 4) is 0 Å². The van der Waals surface area contributed by atoms with Gasteiger partial charge < -0.3 is 15.4 Å². The SMILES string of the molecule is CC1(C)CN(C(=O)C(N)Cc2ccccc2)CCO1.Cl. The van der Waals surface area contributed by atoms with Crippen LogP contribution in [0.4, 0.5) is 0 Å². The maximum atomic E-state index is 12.3. The number of benzene rings is 1. The lowest BCUT2D eigenvalue weighted by atomic mass is 10.0. The first kappa shape index (κ1) is 17.0. The highest BCUT2D eigenvalue weighted by molar-refractivity contribution is 5.85. The quantitative estimate of drug-likeness (QED) is 0.922. The number of hydrogen-bond donors (Lipinski definition) is 1. The third kappa shape index (κ3) is 4.47. The number of halogens is 1. The summed E-state index contributed by atoms with van der Waals surface area (Å²) in [6.45, 7) is 5.81. The van der Waals surface area contributed by atoms with Gasteiger partial charge in [-0.25, -0.2) is 0 Å². The number of morpholine rings is 1. The van der Waals surface area contributed by atoms with E-state index in [1.165, 1.54) is 0 Å². The largest absolute Gasteiger partial charge is 0.372 e. The van der Waals surface area contributed by atoms with Crippen LogP contribution < -0.4 is 5.73 Å². The maximum Gasteiger partial charge on any atom is 0.240 e. The lowest BCUT2D eigenvalue weighted by molar-refractivity contribution is -0.147. The Hall–Kier alpha value is -1.10. The Balaban J connectivity index is 0.00000200. The molecule has 20 heavy (non-hydrogen) atoms. The summed E-state index contributed by atoms with van der Waals surface area (Å²) in [6, 6.07) is 9.40. The minimum Gasteiger partial charge on any atom is -0.372 e. The fourth-order valence-corrected chi connectivity index (χ4v) is 2.39. The van der Waals surface area contributed by atoms with Gasteiger partial charge in [-0.15, -0.1) is 12.4 Å². The van der Waals surface area contributed by atoms with E-state index in [0.717, 1.165) is 5.56 Å². The molecule has 0 bridgehead atoms. The van der Waals surface area contributed by atoms with Crippen LogP contribution in [0.15, 0.2) is 30.3 Å². The molecule has 0 aromatic heterocycles. The van der Waals surface area contributed by atoms with Gasteiger partial charge in [-0.1, -0.05) is 30.3 Å². The van der Waals surface area contributed by atoms with Crippen LogP contribution in [0.3, 0.4) is 0 Å². The molecule has 1 aliphatic rings. The van der Waals surface area contributed by atoms with Crippen LogP contribution >= 0.6 is 12.4 Å². The average molecular weight is 299 g/mol. The van der Waals surface area contributed by atoms with Crippen LogP contribution in [0.25, 0.3) is 0 Å². The Bertz CT molecular complexity index is 437. The van der Waals surface area contributed by atoms with Crippen LogP contribution in [0.2, 0.25) is 0 Å². The normalized spacial score (nSPS) is 19.1.